The molecule has 1 atom stereocenters. The molecule has 7 nitrogen and oxygen atoms in total. The van der Waals surface area contributed by atoms with Gasteiger partial charge in [-0.25, -0.2) is 14.2 Å². The van der Waals surface area contributed by atoms with Crippen molar-refractivity contribution in [2.45, 2.75) is 46.6 Å². The zero-order valence-electron chi connectivity index (χ0n) is 20.6. The molecule has 200 valence electrons. The highest BCUT2D eigenvalue weighted by Gasteiger charge is 2.29. The lowest BCUT2D eigenvalue weighted by Gasteiger charge is -2.34. The standard InChI is InChI=1S/C27H31ClFN3O4.CH4/c1-27(2,17-33)14-21(32(3)24(34)12-11-18-9-6-10-22(29)25(18)28)16-36-26(35)31-23-13-19-7-4-5-8-20(19)15-30-23;/h4-10,13,15,21,33H,11-12,14,16-17H2,1-3H3,(H,30,31,35);1H4/t21-;/m0./s1. The van der Waals surface area contributed by atoms with Crippen LogP contribution in [-0.4, -0.2) is 53.3 Å². The largest absolute Gasteiger partial charge is 0.447 e. The molecule has 2 amide bonds. The van der Waals surface area contributed by atoms with Crippen LogP contribution in [0.15, 0.2) is 54.7 Å². The van der Waals surface area contributed by atoms with Gasteiger partial charge in [0, 0.05) is 31.7 Å². The van der Waals surface area contributed by atoms with Gasteiger partial charge in [-0.05, 0) is 41.3 Å². The molecule has 1 heterocycles. The van der Waals surface area contributed by atoms with Gasteiger partial charge in [-0.15, -0.1) is 0 Å². The highest BCUT2D eigenvalue weighted by atomic mass is 35.5. The second-order valence-corrected chi connectivity index (χ2v) is 9.92. The summed E-state index contributed by atoms with van der Waals surface area (Å²) in [6, 6.07) is 13.4. The summed E-state index contributed by atoms with van der Waals surface area (Å²) < 4.78 is 19.2. The fourth-order valence-electron chi connectivity index (χ4n) is 3.84. The lowest BCUT2D eigenvalue weighted by Crippen LogP contribution is -2.44. The van der Waals surface area contributed by atoms with Crippen LogP contribution in [0.5, 0.6) is 0 Å². The Hall–Kier alpha value is -3.23. The van der Waals surface area contributed by atoms with Crippen molar-refractivity contribution in [1.82, 2.24) is 9.88 Å². The summed E-state index contributed by atoms with van der Waals surface area (Å²) in [4.78, 5) is 31.2. The van der Waals surface area contributed by atoms with Gasteiger partial charge < -0.3 is 14.7 Å². The number of aliphatic hydroxyl groups is 1. The predicted octanol–water partition coefficient (Wildman–Crippen LogP) is 6.08. The Morgan fingerprint density at radius 2 is 1.89 bits per heavy atom. The van der Waals surface area contributed by atoms with Crippen LogP contribution in [0.2, 0.25) is 5.02 Å². The van der Waals surface area contributed by atoms with Gasteiger partial charge in [0.1, 0.15) is 18.2 Å². The number of rotatable bonds is 10. The predicted molar refractivity (Wildman–Crippen MR) is 145 cm³/mol. The number of amides is 2. The average molecular weight is 532 g/mol. The second kappa shape index (κ2) is 13.4. The molecule has 0 radical (unpaired) electrons. The van der Waals surface area contributed by atoms with E-state index in [9.17, 15) is 19.1 Å². The van der Waals surface area contributed by atoms with Crippen LogP contribution in [0.1, 0.15) is 39.7 Å². The summed E-state index contributed by atoms with van der Waals surface area (Å²) in [6.45, 7) is 3.55. The number of ether oxygens (including phenoxy) is 1. The van der Waals surface area contributed by atoms with Crippen LogP contribution >= 0.6 is 11.6 Å². The summed E-state index contributed by atoms with van der Waals surface area (Å²) in [7, 11) is 1.62. The molecule has 9 heteroatoms. The van der Waals surface area contributed by atoms with E-state index in [4.69, 9.17) is 16.3 Å². The molecule has 0 bridgehead atoms. The number of likely N-dealkylation sites (N-methyl/N-ethyl adjacent to an activating group) is 1. The number of aromatic nitrogens is 1. The first-order valence-electron chi connectivity index (χ1n) is 11.7. The van der Waals surface area contributed by atoms with Crippen LogP contribution in [0.4, 0.5) is 15.0 Å². The fourth-order valence-corrected chi connectivity index (χ4v) is 4.06. The molecule has 3 aromatic rings. The van der Waals surface area contributed by atoms with Crippen molar-refractivity contribution >= 4 is 40.2 Å². The number of nitrogens with one attached hydrogen (secondary N) is 1. The first kappa shape index (κ1) is 30.0. The van der Waals surface area contributed by atoms with Crippen molar-refractivity contribution in [3.05, 3.63) is 71.1 Å². The minimum atomic E-state index is -0.697. The number of aliphatic hydroxyl groups excluding tert-OH is 1. The number of aryl methyl sites for hydroxylation is 1. The summed E-state index contributed by atoms with van der Waals surface area (Å²) >= 11 is 6.01. The van der Waals surface area contributed by atoms with Crippen LogP contribution in [0, 0.1) is 11.2 Å². The highest BCUT2D eigenvalue weighted by molar-refractivity contribution is 6.31. The third-order valence-corrected chi connectivity index (χ3v) is 6.49. The van der Waals surface area contributed by atoms with Crippen molar-refractivity contribution < 1.29 is 23.8 Å². The normalized spacial score (nSPS) is 11.9. The molecule has 0 aliphatic carbocycles. The van der Waals surface area contributed by atoms with Gasteiger partial charge in [0.25, 0.3) is 0 Å². The Labute approximate surface area is 222 Å². The monoisotopic (exact) mass is 531 g/mol. The second-order valence-electron chi connectivity index (χ2n) is 9.54. The third kappa shape index (κ3) is 8.40. The molecule has 0 aliphatic rings. The van der Waals surface area contributed by atoms with E-state index in [1.807, 2.05) is 38.1 Å². The summed E-state index contributed by atoms with van der Waals surface area (Å²) in [5.74, 6) is -0.394. The number of halogens is 2. The number of anilines is 1. The fraction of sp³-hybridized carbons (Fsp3) is 0.393. The van der Waals surface area contributed by atoms with Crippen molar-refractivity contribution in [3.63, 3.8) is 0 Å². The Morgan fingerprint density at radius 3 is 2.59 bits per heavy atom. The maximum Gasteiger partial charge on any atom is 0.412 e. The van der Waals surface area contributed by atoms with Gasteiger partial charge in [-0.2, -0.15) is 0 Å². The van der Waals surface area contributed by atoms with Crippen molar-refractivity contribution in [1.29, 1.82) is 0 Å². The van der Waals surface area contributed by atoms with E-state index in [0.717, 1.165) is 10.8 Å². The number of carbonyl (C=O) groups excluding carboxylic acids is 2. The van der Waals surface area contributed by atoms with Gasteiger partial charge in [0.05, 0.1) is 11.1 Å². The van der Waals surface area contributed by atoms with E-state index in [1.54, 1.807) is 31.4 Å². The van der Waals surface area contributed by atoms with Crippen LogP contribution in [-0.2, 0) is 16.0 Å². The first-order valence-corrected chi connectivity index (χ1v) is 12.1. The molecule has 37 heavy (non-hydrogen) atoms. The Kier molecular flexibility index (Phi) is 10.8. The van der Waals surface area contributed by atoms with Gasteiger partial charge in [0.2, 0.25) is 5.91 Å². The molecule has 0 spiro atoms. The van der Waals surface area contributed by atoms with Gasteiger partial charge in [0.15, 0.2) is 0 Å². The zero-order valence-corrected chi connectivity index (χ0v) is 21.4. The minimum absolute atomic E-state index is 0. The Balaban J connectivity index is 0.00000481. The van der Waals surface area contributed by atoms with Crippen molar-refractivity contribution in [3.8, 4) is 0 Å². The number of carbonyl (C=O) groups is 2. The minimum Gasteiger partial charge on any atom is -0.447 e. The van der Waals surface area contributed by atoms with Crippen molar-refractivity contribution in [2.24, 2.45) is 5.41 Å². The summed E-state index contributed by atoms with van der Waals surface area (Å²) in [5, 5.41) is 14.2. The molecule has 3 rings (SSSR count). The van der Waals surface area contributed by atoms with Crippen LogP contribution < -0.4 is 5.32 Å². The summed E-state index contributed by atoms with van der Waals surface area (Å²) in [6.07, 6.45) is 1.73. The number of benzene rings is 2. The lowest BCUT2D eigenvalue weighted by molar-refractivity contribution is -0.133. The van der Waals surface area contributed by atoms with Crippen LogP contribution in [0.3, 0.4) is 0 Å². The maximum atomic E-state index is 13.7. The molecular formula is C28H35ClFN3O4. The molecule has 0 aliphatic heterocycles. The van der Waals surface area contributed by atoms with E-state index in [1.165, 1.54) is 11.0 Å². The Morgan fingerprint density at radius 1 is 1.19 bits per heavy atom. The van der Waals surface area contributed by atoms with Gasteiger partial charge in [-0.1, -0.05) is 69.3 Å². The summed E-state index contributed by atoms with van der Waals surface area (Å²) in [5.41, 5.74) is 0.0364. The number of fused-ring (bicyclic) bond motifs is 1. The van der Waals surface area contributed by atoms with Gasteiger partial charge >= 0.3 is 6.09 Å². The molecular weight excluding hydrogens is 497 g/mol. The molecule has 0 unspecified atom stereocenters. The van der Waals surface area contributed by atoms with E-state index >= 15 is 0 Å². The third-order valence-electron chi connectivity index (χ3n) is 6.07. The number of hydrogen-bond acceptors (Lipinski definition) is 5. The number of nitrogens with zero attached hydrogens (tertiary/aromatic N) is 2. The molecule has 0 saturated carbocycles. The number of pyridine rings is 1. The lowest BCUT2D eigenvalue weighted by atomic mass is 9.86. The molecule has 0 saturated heterocycles. The van der Waals surface area contributed by atoms with E-state index < -0.39 is 23.4 Å². The van der Waals surface area contributed by atoms with E-state index in [2.05, 4.69) is 10.3 Å². The topological polar surface area (TPSA) is 91.8 Å². The maximum absolute atomic E-state index is 13.7. The zero-order chi connectivity index (χ0) is 26.3. The molecule has 0 fully saturated rings. The SMILES string of the molecule is C.CN(C(=O)CCc1cccc(F)c1Cl)[C@H](COC(=O)Nc1cc2ccccc2cn1)CC(C)(C)CO. The van der Waals surface area contributed by atoms with E-state index in [0.29, 0.717) is 17.8 Å². The van der Waals surface area contributed by atoms with Crippen LogP contribution in [0.25, 0.3) is 10.8 Å². The van der Waals surface area contributed by atoms with E-state index in [-0.39, 0.29) is 44.4 Å². The Bertz CT molecular complexity index is 1220. The number of hydrogen-bond donors (Lipinski definition) is 2. The first-order chi connectivity index (χ1) is 17.1. The van der Waals surface area contributed by atoms with Crippen molar-refractivity contribution in [2.75, 3.05) is 25.6 Å². The highest BCUT2D eigenvalue weighted by Crippen LogP contribution is 2.25. The quantitative estimate of drug-likeness (QED) is 0.331. The smallest absolute Gasteiger partial charge is 0.412 e. The average Bonchev–Trinajstić information content (AvgIpc) is 2.86. The molecule has 2 aromatic carbocycles. The van der Waals surface area contributed by atoms with Gasteiger partial charge in [-0.3, -0.25) is 10.1 Å². The molecule has 2 N–H and O–H groups in total. The molecule has 1 aromatic heterocycles.